The van der Waals surface area contributed by atoms with E-state index in [9.17, 15) is 22.4 Å². The first-order chi connectivity index (χ1) is 20.5. The van der Waals surface area contributed by atoms with Crippen molar-refractivity contribution in [3.8, 4) is 0 Å². The van der Waals surface area contributed by atoms with Crippen molar-refractivity contribution in [2.45, 2.75) is 63.6 Å². The number of rotatable bonds is 13. The second kappa shape index (κ2) is 15.0. The van der Waals surface area contributed by atoms with Gasteiger partial charge in [0.2, 0.25) is 21.8 Å². The summed E-state index contributed by atoms with van der Waals surface area (Å²) >= 11 is 12.6. The van der Waals surface area contributed by atoms with E-state index in [4.69, 9.17) is 23.2 Å². The van der Waals surface area contributed by atoms with E-state index >= 15 is 0 Å². The Kier molecular flexibility index (Phi) is 11.5. The number of amides is 2. The Hall–Kier alpha value is -3.14. The maximum atomic E-state index is 14.0. The minimum absolute atomic E-state index is 0.00334. The van der Waals surface area contributed by atoms with E-state index in [1.165, 1.54) is 29.2 Å². The molecule has 230 valence electrons. The van der Waals surface area contributed by atoms with Gasteiger partial charge in [-0.15, -0.1) is 0 Å². The van der Waals surface area contributed by atoms with Crippen LogP contribution in [0.25, 0.3) is 0 Å². The molecule has 1 N–H and O–H groups in total. The average Bonchev–Trinajstić information content (AvgIpc) is 3.47. The van der Waals surface area contributed by atoms with E-state index < -0.39 is 21.9 Å². The molecule has 0 radical (unpaired) electrons. The Labute approximate surface area is 263 Å². The van der Waals surface area contributed by atoms with Crippen LogP contribution in [0, 0.1) is 5.82 Å². The van der Waals surface area contributed by atoms with Gasteiger partial charge in [0.25, 0.3) is 0 Å². The summed E-state index contributed by atoms with van der Waals surface area (Å²) in [7, 11) is -3.70. The van der Waals surface area contributed by atoms with Crippen LogP contribution in [0.3, 0.4) is 0 Å². The average molecular weight is 649 g/mol. The maximum Gasteiger partial charge on any atom is 0.243 e. The van der Waals surface area contributed by atoms with Crippen LogP contribution in [0.2, 0.25) is 10.0 Å². The first kappa shape index (κ1) is 32.8. The molecule has 7 nitrogen and oxygen atoms in total. The molecule has 1 saturated carbocycles. The van der Waals surface area contributed by atoms with Crippen molar-refractivity contribution in [3.05, 3.63) is 99.8 Å². The van der Waals surface area contributed by atoms with Gasteiger partial charge in [0.1, 0.15) is 11.9 Å². The van der Waals surface area contributed by atoms with Gasteiger partial charge in [0.05, 0.1) is 11.9 Å². The SMILES string of the molecule is CS(=O)(=O)N(CCCC(=O)N(Cc1ccc(Cl)cc1Cl)C(Cc1ccccc1)C(=O)NC1CCCC1)c1ccc(F)cc1. The van der Waals surface area contributed by atoms with Gasteiger partial charge < -0.3 is 10.2 Å². The molecule has 0 saturated heterocycles. The lowest BCUT2D eigenvalue weighted by molar-refractivity contribution is -0.141. The lowest BCUT2D eigenvalue weighted by Gasteiger charge is -2.33. The first-order valence-corrected chi connectivity index (χ1v) is 16.9. The highest BCUT2D eigenvalue weighted by atomic mass is 35.5. The van der Waals surface area contributed by atoms with Gasteiger partial charge in [-0.05, 0) is 66.8 Å². The first-order valence-electron chi connectivity index (χ1n) is 14.3. The summed E-state index contributed by atoms with van der Waals surface area (Å²) in [6.45, 7) is 0.0710. The number of carbonyl (C=O) groups excluding carboxylic acids is 2. The highest BCUT2D eigenvalue weighted by molar-refractivity contribution is 7.92. The molecule has 0 aliphatic heterocycles. The molecule has 11 heteroatoms. The summed E-state index contributed by atoms with van der Waals surface area (Å²) < 4.78 is 39.7. The molecule has 0 aromatic heterocycles. The fourth-order valence-corrected chi connectivity index (χ4v) is 6.80. The number of halogens is 3. The topological polar surface area (TPSA) is 86.8 Å². The minimum Gasteiger partial charge on any atom is -0.352 e. The third-order valence-electron chi connectivity index (χ3n) is 7.60. The molecular weight excluding hydrogens is 612 g/mol. The van der Waals surface area contributed by atoms with Crippen molar-refractivity contribution in [2.24, 2.45) is 0 Å². The molecule has 1 aliphatic carbocycles. The second-order valence-electron chi connectivity index (χ2n) is 10.9. The summed E-state index contributed by atoms with van der Waals surface area (Å²) in [6.07, 6.45) is 5.38. The highest BCUT2D eigenvalue weighted by Gasteiger charge is 2.32. The van der Waals surface area contributed by atoms with Gasteiger partial charge in [-0.1, -0.05) is 72.4 Å². The largest absolute Gasteiger partial charge is 0.352 e. The number of hydrogen-bond donors (Lipinski definition) is 1. The van der Waals surface area contributed by atoms with E-state index in [1.54, 1.807) is 18.2 Å². The lowest BCUT2D eigenvalue weighted by atomic mass is 10.0. The van der Waals surface area contributed by atoms with Gasteiger partial charge in [0, 0.05) is 42.0 Å². The van der Waals surface area contributed by atoms with E-state index in [0.29, 0.717) is 27.7 Å². The van der Waals surface area contributed by atoms with Gasteiger partial charge in [-0.25, -0.2) is 12.8 Å². The number of benzene rings is 3. The fourth-order valence-electron chi connectivity index (χ4n) is 5.37. The van der Waals surface area contributed by atoms with Crippen LogP contribution < -0.4 is 9.62 Å². The minimum atomic E-state index is -3.70. The summed E-state index contributed by atoms with van der Waals surface area (Å²) in [5, 5.41) is 3.99. The highest BCUT2D eigenvalue weighted by Crippen LogP contribution is 2.26. The van der Waals surface area contributed by atoms with Crippen LogP contribution in [-0.4, -0.2) is 50.0 Å². The quantitative estimate of drug-likeness (QED) is 0.233. The Morgan fingerprint density at radius 1 is 1.00 bits per heavy atom. The van der Waals surface area contributed by atoms with Crippen molar-refractivity contribution in [1.82, 2.24) is 10.2 Å². The predicted octanol–water partition coefficient (Wildman–Crippen LogP) is 6.38. The van der Waals surface area contributed by atoms with Gasteiger partial charge in [0.15, 0.2) is 0 Å². The normalized spacial score (nSPS) is 14.3. The molecular formula is C32H36Cl2FN3O4S. The van der Waals surface area contributed by atoms with E-state index in [1.807, 2.05) is 30.3 Å². The van der Waals surface area contributed by atoms with Gasteiger partial charge in [-0.2, -0.15) is 0 Å². The van der Waals surface area contributed by atoms with Crippen LogP contribution in [0.5, 0.6) is 0 Å². The molecule has 0 heterocycles. The number of sulfonamides is 1. The third kappa shape index (κ3) is 9.42. The fraction of sp³-hybridized carbons (Fsp3) is 0.375. The van der Waals surface area contributed by atoms with E-state index in [-0.39, 0.29) is 43.8 Å². The van der Waals surface area contributed by atoms with Crippen LogP contribution in [-0.2, 0) is 32.6 Å². The van der Waals surface area contributed by atoms with E-state index in [2.05, 4.69) is 5.32 Å². The molecule has 43 heavy (non-hydrogen) atoms. The van der Waals surface area contributed by atoms with Crippen LogP contribution >= 0.6 is 23.2 Å². The second-order valence-corrected chi connectivity index (χ2v) is 13.6. The van der Waals surface area contributed by atoms with Crippen molar-refractivity contribution >= 4 is 50.7 Å². The predicted molar refractivity (Wildman–Crippen MR) is 169 cm³/mol. The molecule has 1 fully saturated rings. The van der Waals surface area contributed by atoms with Crippen LogP contribution in [0.15, 0.2) is 72.8 Å². The molecule has 0 spiro atoms. The zero-order chi connectivity index (χ0) is 31.0. The van der Waals surface area contributed by atoms with E-state index in [0.717, 1.165) is 41.8 Å². The zero-order valence-corrected chi connectivity index (χ0v) is 26.3. The van der Waals surface area contributed by atoms with Gasteiger partial charge in [-0.3, -0.25) is 13.9 Å². The van der Waals surface area contributed by atoms with Crippen molar-refractivity contribution in [1.29, 1.82) is 0 Å². The van der Waals surface area contributed by atoms with Crippen LogP contribution in [0.1, 0.15) is 49.7 Å². The summed E-state index contributed by atoms with van der Waals surface area (Å²) in [5.41, 5.74) is 1.84. The maximum absolute atomic E-state index is 14.0. The molecule has 1 unspecified atom stereocenters. The van der Waals surface area contributed by atoms with Crippen molar-refractivity contribution < 1.29 is 22.4 Å². The smallest absolute Gasteiger partial charge is 0.243 e. The van der Waals surface area contributed by atoms with Crippen molar-refractivity contribution in [2.75, 3.05) is 17.1 Å². The zero-order valence-electron chi connectivity index (χ0n) is 24.0. The summed E-state index contributed by atoms with van der Waals surface area (Å²) in [5.74, 6) is -1.04. The standard InChI is InChI=1S/C32H36Cl2FN3O4S/c1-43(41,42)38(28-17-15-26(35)16-18-28)19-7-12-31(39)37(22-24-13-14-25(33)21-29(24)34)30(20-23-8-3-2-4-9-23)32(40)36-27-10-5-6-11-27/h2-4,8-9,13-18,21,27,30H,5-7,10-12,19-20,22H2,1H3,(H,36,40). The summed E-state index contributed by atoms with van der Waals surface area (Å²) in [6, 6.07) is 18.9. The molecule has 2 amide bonds. The Morgan fingerprint density at radius 3 is 2.30 bits per heavy atom. The Morgan fingerprint density at radius 2 is 1.67 bits per heavy atom. The number of nitrogens with zero attached hydrogens (tertiary/aromatic N) is 2. The Balaban J connectivity index is 1.60. The molecule has 1 aliphatic rings. The molecule has 0 bridgehead atoms. The molecule has 3 aromatic rings. The number of carbonyl (C=O) groups is 2. The molecule has 4 rings (SSSR count). The van der Waals surface area contributed by atoms with Crippen LogP contribution in [0.4, 0.5) is 10.1 Å². The van der Waals surface area contributed by atoms with Gasteiger partial charge >= 0.3 is 0 Å². The monoisotopic (exact) mass is 647 g/mol. The number of hydrogen-bond acceptors (Lipinski definition) is 4. The number of nitrogens with one attached hydrogen (secondary N) is 1. The number of anilines is 1. The lowest BCUT2D eigenvalue weighted by Crippen LogP contribution is -2.52. The molecule has 1 atom stereocenters. The summed E-state index contributed by atoms with van der Waals surface area (Å²) in [4.78, 5) is 29.3. The molecule has 3 aromatic carbocycles. The third-order valence-corrected chi connectivity index (χ3v) is 9.38. The Bertz CT molecular complexity index is 1500. The van der Waals surface area contributed by atoms with Crippen molar-refractivity contribution in [3.63, 3.8) is 0 Å².